The fraction of sp³-hybridized carbons (Fsp3) is 0.789. The molecule has 0 radical (unpaired) electrons. The van der Waals surface area contributed by atoms with Crippen LogP contribution in [-0.2, 0) is 38.4 Å². The number of nitrogens with one attached hydrogen (secondary N) is 5. The van der Waals surface area contributed by atoms with Crippen LogP contribution in [0.2, 0.25) is 0 Å². The second kappa shape index (κ2) is 21.7. The standard InChI is InChI=1S/C38H66N8O9/c1-10-23(8)30(39)37(53)46-16-12-14-28(46)33(49)42-25(17-20(2)3)32(48)44-31(22(6)7)35(51)40-19-29(47)41-24(9)36(52)45-15-11-13-27(45)34(50)43-26(38(54)55)18-21(4)5/h20-28,30-31H,10-19,39H2,1-9H3,(H,40,51)(H,41,47)(H,42,49)(H,43,50)(H,44,48)(H,54,55)/t23-,24-,25-,26-,27-,28-,30-,31-/m0/s1. The normalized spacial score (nSPS) is 20.3. The van der Waals surface area contributed by atoms with Crippen molar-refractivity contribution in [3.63, 3.8) is 0 Å². The minimum atomic E-state index is -1.16. The Hall–Kier alpha value is -4.28. The Kier molecular flexibility index (Phi) is 18.5. The van der Waals surface area contributed by atoms with E-state index in [4.69, 9.17) is 5.73 Å². The smallest absolute Gasteiger partial charge is 0.326 e. The third kappa shape index (κ3) is 13.8. The molecule has 2 fully saturated rings. The molecular formula is C38H66N8O9. The maximum absolute atomic E-state index is 13.6. The van der Waals surface area contributed by atoms with E-state index >= 15 is 0 Å². The highest BCUT2D eigenvalue weighted by Gasteiger charge is 2.40. The van der Waals surface area contributed by atoms with E-state index < -0.39 is 96.2 Å². The number of carbonyl (C=O) groups excluding carboxylic acids is 7. The SMILES string of the molecule is CC[C@H](C)[C@H](N)C(=O)N1CCC[C@H]1C(=O)N[C@@H](CC(C)C)C(=O)N[C@H](C(=O)NCC(=O)N[C@@H](C)C(=O)N1CCC[C@H]1C(=O)N[C@@H](CC(C)C)C(=O)O)C(C)C. The predicted molar refractivity (Wildman–Crippen MR) is 205 cm³/mol. The highest BCUT2D eigenvalue weighted by molar-refractivity contribution is 5.97. The molecule has 0 saturated carbocycles. The third-order valence-electron chi connectivity index (χ3n) is 10.3. The van der Waals surface area contributed by atoms with Gasteiger partial charge in [0, 0.05) is 13.1 Å². The molecular weight excluding hydrogens is 712 g/mol. The Morgan fingerprint density at radius 3 is 1.65 bits per heavy atom. The first-order chi connectivity index (χ1) is 25.7. The molecule has 2 aliphatic heterocycles. The summed E-state index contributed by atoms with van der Waals surface area (Å²) in [4.78, 5) is 107. The number of carboxylic acids is 1. The number of hydrogen-bond acceptors (Lipinski definition) is 9. The molecule has 2 saturated heterocycles. The quantitative estimate of drug-likeness (QED) is 0.0888. The predicted octanol–water partition coefficient (Wildman–Crippen LogP) is 0.250. The van der Waals surface area contributed by atoms with Crippen LogP contribution in [0.15, 0.2) is 0 Å². The lowest BCUT2D eigenvalue weighted by Gasteiger charge is -2.31. The van der Waals surface area contributed by atoms with E-state index in [0.29, 0.717) is 38.6 Å². The molecule has 0 aromatic heterocycles. The van der Waals surface area contributed by atoms with Crippen molar-refractivity contribution in [2.75, 3.05) is 19.6 Å². The maximum atomic E-state index is 13.6. The van der Waals surface area contributed by atoms with Gasteiger partial charge in [-0.2, -0.15) is 0 Å². The highest BCUT2D eigenvalue weighted by Crippen LogP contribution is 2.22. The van der Waals surface area contributed by atoms with Crippen LogP contribution in [0.25, 0.3) is 0 Å². The second-order valence-corrected chi connectivity index (χ2v) is 16.2. The average molecular weight is 779 g/mol. The molecule has 0 spiro atoms. The number of hydrogen-bond donors (Lipinski definition) is 7. The minimum absolute atomic E-state index is 0.00679. The topological polar surface area (TPSA) is 249 Å². The molecule has 0 aliphatic carbocycles. The summed E-state index contributed by atoms with van der Waals surface area (Å²) in [5, 5.41) is 22.7. The third-order valence-corrected chi connectivity index (χ3v) is 10.3. The Labute approximate surface area is 325 Å². The van der Waals surface area contributed by atoms with E-state index in [9.17, 15) is 43.5 Å². The van der Waals surface area contributed by atoms with Crippen molar-refractivity contribution in [2.45, 2.75) is 150 Å². The fourth-order valence-corrected chi connectivity index (χ4v) is 6.90. The van der Waals surface area contributed by atoms with Crippen LogP contribution in [0.1, 0.15) is 107 Å². The van der Waals surface area contributed by atoms with Crippen molar-refractivity contribution in [1.29, 1.82) is 0 Å². The van der Waals surface area contributed by atoms with Crippen molar-refractivity contribution in [3.8, 4) is 0 Å². The average Bonchev–Trinajstić information content (AvgIpc) is 3.81. The van der Waals surface area contributed by atoms with Gasteiger partial charge in [-0.15, -0.1) is 0 Å². The van der Waals surface area contributed by atoms with Crippen molar-refractivity contribution in [3.05, 3.63) is 0 Å². The summed E-state index contributed by atoms with van der Waals surface area (Å²) in [5.41, 5.74) is 6.20. The van der Waals surface area contributed by atoms with Crippen LogP contribution < -0.4 is 32.3 Å². The molecule has 0 aromatic rings. The molecule has 7 amide bonds. The molecule has 17 nitrogen and oxygen atoms in total. The van der Waals surface area contributed by atoms with E-state index in [1.54, 1.807) is 13.8 Å². The van der Waals surface area contributed by atoms with Gasteiger partial charge in [-0.25, -0.2) is 4.79 Å². The zero-order valence-corrected chi connectivity index (χ0v) is 34.1. The first kappa shape index (κ1) is 46.9. The first-order valence-electron chi connectivity index (χ1n) is 19.8. The molecule has 8 atom stereocenters. The second-order valence-electron chi connectivity index (χ2n) is 16.2. The maximum Gasteiger partial charge on any atom is 0.326 e. The fourth-order valence-electron chi connectivity index (χ4n) is 6.90. The molecule has 312 valence electrons. The summed E-state index contributed by atoms with van der Waals surface area (Å²) in [6.07, 6.45) is 3.13. The lowest BCUT2D eigenvalue weighted by molar-refractivity contribution is -0.145. The minimum Gasteiger partial charge on any atom is -0.480 e. The molecule has 2 heterocycles. The van der Waals surface area contributed by atoms with Crippen molar-refractivity contribution >= 4 is 47.3 Å². The Bertz CT molecular complexity index is 1390. The van der Waals surface area contributed by atoms with E-state index in [0.717, 1.165) is 0 Å². The van der Waals surface area contributed by atoms with E-state index in [-0.39, 0.29) is 43.0 Å². The van der Waals surface area contributed by atoms with Crippen molar-refractivity contribution in [2.24, 2.45) is 29.4 Å². The van der Waals surface area contributed by atoms with Gasteiger partial charge in [-0.05, 0) is 69.1 Å². The number of rotatable bonds is 20. The summed E-state index contributed by atoms with van der Waals surface area (Å²) < 4.78 is 0. The molecule has 0 bridgehead atoms. The number of nitrogens with zero attached hydrogens (tertiary/aromatic N) is 2. The van der Waals surface area contributed by atoms with Crippen LogP contribution in [0.5, 0.6) is 0 Å². The van der Waals surface area contributed by atoms with Gasteiger partial charge in [-0.1, -0.05) is 61.8 Å². The molecule has 0 aromatic carbocycles. The van der Waals surface area contributed by atoms with Gasteiger partial charge in [0.2, 0.25) is 41.4 Å². The molecule has 55 heavy (non-hydrogen) atoms. The largest absolute Gasteiger partial charge is 0.480 e. The molecule has 2 aliphatic rings. The van der Waals surface area contributed by atoms with Gasteiger partial charge in [0.25, 0.3) is 0 Å². The summed E-state index contributed by atoms with van der Waals surface area (Å²) in [6, 6.07) is -6.61. The van der Waals surface area contributed by atoms with Gasteiger partial charge in [-0.3, -0.25) is 33.6 Å². The number of carbonyl (C=O) groups is 8. The Balaban J connectivity index is 2.01. The highest BCUT2D eigenvalue weighted by atomic mass is 16.4. The summed E-state index contributed by atoms with van der Waals surface area (Å²) in [5.74, 6) is -5.40. The van der Waals surface area contributed by atoms with Gasteiger partial charge < -0.3 is 47.2 Å². The lowest BCUT2D eigenvalue weighted by Crippen LogP contribution is -2.59. The molecule has 0 unspecified atom stereocenters. The van der Waals surface area contributed by atoms with Crippen LogP contribution in [0.3, 0.4) is 0 Å². The van der Waals surface area contributed by atoms with Crippen molar-refractivity contribution < 1.29 is 43.5 Å². The number of nitrogens with two attached hydrogens (primary N) is 1. The van der Waals surface area contributed by atoms with Crippen LogP contribution in [0, 0.1) is 23.7 Å². The number of carboxylic acid groups (broad SMARTS) is 1. The Morgan fingerprint density at radius 1 is 0.691 bits per heavy atom. The van der Waals surface area contributed by atoms with Crippen molar-refractivity contribution in [1.82, 2.24) is 36.4 Å². The van der Waals surface area contributed by atoms with E-state index in [2.05, 4.69) is 26.6 Å². The summed E-state index contributed by atoms with van der Waals surface area (Å²) >= 11 is 0. The van der Waals surface area contributed by atoms with Gasteiger partial charge in [0.15, 0.2) is 0 Å². The first-order valence-corrected chi connectivity index (χ1v) is 19.8. The van der Waals surface area contributed by atoms with Gasteiger partial charge in [0.05, 0.1) is 12.6 Å². The van der Waals surface area contributed by atoms with Crippen LogP contribution >= 0.6 is 0 Å². The molecule has 8 N–H and O–H groups in total. The molecule has 2 rings (SSSR count). The van der Waals surface area contributed by atoms with E-state index in [1.807, 2.05) is 41.5 Å². The summed E-state index contributed by atoms with van der Waals surface area (Å²) in [7, 11) is 0. The zero-order valence-electron chi connectivity index (χ0n) is 34.1. The van der Waals surface area contributed by atoms with Gasteiger partial charge in [0.1, 0.15) is 36.3 Å². The number of aliphatic carboxylic acids is 1. The van der Waals surface area contributed by atoms with E-state index in [1.165, 1.54) is 16.7 Å². The zero-order chi connectivity index (χ0) is 41.7. The van der Waals surface area contributed by atoms with Gasteiger partial charge >= 0.3 is 5.97 Å². The Morgan fingerprint density at radius 2 is 1.18 bits per heavy atom. The lowest BCUT2D eigenvalue weighted by atomic mass is 9.98. The number of amides is 7. The molecule has 17 heteroatoms. The van der Waals surface area contributed by atoms with Crippen LogP contribution in [0.4, 0.5) is 0 Å². The number of likely N-dealkylation sites (tertiary alicyclic amines) is 2. The summed E-state index contributed by atoms with van der Waals surface area (Å²) in [6.45, 7) is 16.3. The monoisotopic (exact) mass is 778 g/mol. The van der Waals surface area contributed by atoms with Crippen LogP contribution in [-0.4, -0.2) is 124 Å².